The summed E-state index contributed by atoms with van der Waals surface area (Å²) >= 11 is 0. The topological polar surface area (TPSA) is 75.7 Å². The maximum Gasteiger partial charge on any atom is 0.0611 e. The van der Waals surface area contributed by atoms with Crippen LogP contribution >= 0.6 is 0 Å². The second-order valence-electron chi connectivity index (χ2n) is 8.31. The van der Waals surface area contributed by atoms with E-state index in [0.717, 1.165) is 38.7 Å². The molecule has 0 radical (unpaired) electrons. The SMILES string of the molecule is C[C@H](O)CCOC[C@@H]1CCc2cc([C@H]3CC[C@](N)(CO)C3)ccc2C1. The highest BCUT2D eigenvalue weighted by Crippen LogP contribution is 2.40. The van der Waals surface area contributed by atoms with Crippen LogP contribution in [0.1, 0.15) is 61.6 Å². The highest BCUT2D eigenvalue weighted by molar-refractivity contribution is 5.36. The van der Waals surface area contributed by atoms with Crippen LogP contribution in [0.25, 0.3) is 0 Å². The number of fused-ring (bicyclic) bond motifs is 1. The Labute approximate surface area is 151 Å². The monoisotopic (exact) mass is 347 g/mol. The third-order valence-corrected chi connectivity index (χ3v) is 6.02. The number of nitrogens with two attached hydrogens (primary N) is 1. The van der Waals surface area contributed by atoms with Crippen molar-refractivity contribution in [1.82, 2.24) is 0 Å². The van der Waals surface area contributed by atoms with Crippen molar-refractivity contribution in [2.24, 2.45) is 11.7 Å². The van der Waals surface area contributed by atoms with Gasteiger partial charge in [-0.1, -0.05) is 18.2 Å². The van der Waals surface area contributed by atoms with Gasteiger partial charge in [0, 0.05) is 18.8 Å². The molecule has 0 spiro atoms. The van der Waals surface area contributed by atoms with Crippen LogP contribution in [0.3, 0.4) is 0 Å². The first-order valence-electron chi connectivity index (χ1n) is 9.76. The molecule has 2 aliphatic carbocycles. The van der Waals surface area contributed by atoms with E-state index < -0.39 is 0 Å². The van der Waals surface area contributed by atoms with Crippen molar-refractivity contribution in [3.8, 4) is 0 Å². The van der Waals surface area contributed by atoms with E-state index in [1.165, 1.54) is 23.1 Å². The van der Waals surface area contributed by atoms with Crippen molar-refractivity contribution in [3.63, 3.8) is 0 Å². The van der Waals surface area contributed by atoms with Crippen molar-refractivity contribution in [2.75, 3.05) is 19.8 Å². The molecule has 0 aliphatic heterocycles. The van der Waals surface area contributed by atoms with Gasteiger partial charge < -0.3 is 20.7 Å². The second-order valence-corrected chi connectivity index (χ2v) is 8.31. The highest BCUT2D eigenvalue weighted by Gasteiger charge is 2.36. The van der Waals surface area contributed by atoms with E-state index in [-0.39, 0.29) is 18.2 Å². The van der Waals surface area contributed by atoms with Crippen LogP contribution in [0.4, 0.5) is 0 Å². The minimum atomic E-state index is -0.380. The summed E-state index contributed by atoms with van der Waals surface area (Å²) in [7, 11) is 0. The maximum atomic E-state index is 9.48. The predicted octanol–water partition coefficient (Wildman–Crippen LogP) is 2.54. The standard InChI is InChI=1S/C21H33NO3/c1-15(24)7-9-25-13-16-2-3-18-11-19(5-4-17(18)10-16)20-6-8-21(22,12-20)14-23/h4-5,11,15-16,20,23-24H,2-3,6-10,12-14,22H2,1H3/t15-,16+,20-,21+/m0/s1. The first-order chi connectivity index (χ1) is 12.0. The molecule has 0 bridgehead atoms. The lowest BCUT2D eigenvalue weighted by Crippen LogP contribution is -2.40. The molecule has 2 aliphatic rings. The molecule has 3 rings (SSSR count). The third kappa shape index (κ3) is 4.82. The lowest BCUT2D eigenvalue weighted by molar-refractivity contribution is 0.0648. The molecule has 1 fully saturated rings. The molecule has 1 saturated carbocycles. The summed E-state index contributed by atoms with van der Waals surface area (Å²) in [6, 6.07) is 6.94. The van der Waals surface area contributed by atoms with Crippen LogP contribution in [-0.4, -0.2) is 41.7 Å². The van der Waals surface area contributed by atoms with Gasteiger partial charge in [-0.05, 0) is 80.4 Å². The Kier molecular flexibility index (Phi) is 6.16. The van der Waals surface area contributed by atoms with E-state index in [4.69, 9.17) is 10.5 Å². The van der Waals surface area contributed by atoms with Gasteiger partial charge in [0.15, 0.2) is 0 Å². The van der Waals surface area contributed by atoms with E-state index in [2.05, 4.69) is 18.2 Å². The molecule has 1 aromatic rings. The van der Waals surface area contributed by atoms with Gasteiger partial charge in [0.1, 0.15) is 0 Å². The molecular weight excluding hydrogens is 314 g/mol. The number of aryl methyl sites for hydroxylation is 1. The minimum absolute atomic E-state index is 0.0885. The summed E-state index contributed by atoms with van der Waals surface area (Å²) in [4.78, 5) is 0. The summed E-state index contributed by atoms with van der Waals surface area (Å²) in [6.45, 7) is 3.33. The lowest BCUT2D eigenvalue weighted by atomic mass is 9.82. The fourth-order valence-electron chi connectivity index (χ4n) is 4.34. The Hall–Kier alpha value is -0.940. The molecule has 4 heteroatoms. The zero-order valence-electron chi connectivity index (χ0n) is 15.4. The molecule has 0 amide bonds. The fraction of sp³-hybridized carbons (Fsp3) is 0.714. The first kappa shape index (κ1) is 18.8. The van der Waals surface area contributed by atoms with Crippen molar-refractivity contribution >= 4 is 0 Å². The van der Waals surface area contributed by atoms with E-state index in [1.54, 1.807) is 6.92 Å². The average molecular weight is 347 g/mol. The van der Waals surface area contributed by atoms with Crippen molar-refractivity contribution in [3.05, 3.63) is 34.9 Å². The quantitative estimate of drug-likeness (QED) is 0.663. The molecule has 1 aromatic carbocycles. The number of rotatable bonds is 7. The van der Waals surface area contributed by atoms with E-state index >= 15 is 0 Å². The van der Waals surface area contributed by atoms with Gasteiger partial charge in [0.05, 0.1) is 12.7 Å². The zero-order valence-corrected chi connectivity index (χ0v) is 15.4. The largest absolute Gasteiger partial charge is 0.394 e. The number of aliphatic hydroxyl groups is 2. The Morgan fingerprint density at radius 3 is 2.88 bits per heavy atom. The maximum absolute atomic E-state index is 9.48. The minimum Gasteiger partial charge on any atom is -0.394 e. The molecule has 4 nitrogen and oxygen atoms in total. The number of hydrogen-bond acceptors (Lipinski definition) is 4. The molecule has 0 unspecified atom stereocenters. The Morgan fingerprint density at radius 1 is 1.32 bits per heavy atom. The van der Waals surface area contributed by atoms with Crippen molar-refractivity contribution in [2.45, 2.75) is 69.4 Å². The predicted molar refractivity (Wildman–Crippen MR) is 99.7 cm³/mol. The first-order valence-corrected chi connectivity index (χ1v) is 9.76. The summed E-state index contributed by atoms with van der Waals surface area (Å²) in [6.07, 6.45) is 6.70. The zero-order chi connectivity index (χ0) is 17.9. The highest BCUT2D eigenvalue weighted by atomic mass is 16.5. The van der Waals surface area contributed by atoms with Crippen molar-refractivity contribution < 1.29 is 14.9 Å². The van der Waals surface area contributed by atoms with E-state index in [0.29, 0.717) is 24.9 Å². The molecule has 140 valence electrons. The molecule has 0 aromatic heterocycles. The lowest BCUT2D eigenvalue weighted by Gasteiger charge is -2.26. The van der Waals surface area contributed by atoms with Crippen LogP contribution in [0.15, 0.2) is 18.2 Å². The van der Waals surface area contributed by atoms with E-state index in [9.17, 15) is 10.2 Å². The molecule has 4 atom stereocenters. The molecule has 0 heterocycles. The molecule has 25 heavy (non-hydrogen) atoms. The molecule has 0 saturated heterocycles. The summed E-state index contributed by atoms with van der Waals surface area (Å²) in [5.41, 5.74) is 10.2. The van der Waals surface area contributed by atoms with Crippen molar-refractivity contribution in [1.29, 1.82) is 0 Å². The van der Waals surface area contributed by atoms with Crippen LogP contribution in [0, 0.1) is 5.92 Å². The molecule has 4 N–H and O–H groups in total. The summed E-state index contributed by atoms with van der Waals surface area (Å²) in [5, 5.41) is 18.8. The number of benzene rings is 1. The average Bonchev–Trinajstić information content (AvgIpc) is 3.01. The van der Waals surface area contributed by atoms with Crippen LogP contribution in [0.2, 0.25) is 0 Å². The normalized spacial score (nSPS) is 30.2. The van der Waals surface area contributed by atoms with Gasteiger partial charge in [-0.2, -0.15) is 0 Å². The summed E-state index contributed by atoms with van der Waals surface area (Å²) < 4.78 is 5.74. The smallest absolute Gasteiger partial charge is 0.0611 e. The van der Waals surface area contributed by atoms with Crippen LogP contribution in [-0.2, 0) is 17.6 Å². The van der Waals surface area contributed by atoms with Gasteiger partial charge in [0.25, 0.3) is 0 Å². The van der Waals surface area contributed by atoms with Crippen LogP contribution < -0.4 is 5.73 Å². The Bertz CT molecular complexity index is 574. The van der Waals surface area contributed by atoms with Gasteiger partial charge in [-0.25, -0.2) is 0 Å². The van der Waals surface area contributed by atoms with Gasteiger partial charge in [0.2, 0.25) is 0 Å². The second kappa shape index (κ2) is 8.17. The number of hydrogen-bond donors (Lipinski definition) is 3. The number of ether oxygens (including phenoxy) is 1. The summed E-state index contributed by atoms with van der Waals surface area (Å²) in [5.74, 6) is 1.08. The fourth-order valence-corrected chi connectivity index (χ4v) is 4.34. The third-order valence-electron chi connectivity index (χ3n) is 6.02. The van der Waals surface area contributed by atoms with E-state index in [1.807, 2.05) is 0 Å². The van der Waals surface area contributed by atoms with Gasteiger partial charge >= 0.3 is 0 Å². The Balaban J connectivity index is 1.55. The van der Waals surface area contributed by atoms with Crippen LogP contribution in [0.5, 0.6) is 0 Å². The number of aliphatic hydroxyl groups excluding tert-OH is 2. The van der Waals surface area contributed by atoms with Gasteiger partial charge in [-0.15, -0.1) is 0 Å². The van der Waals surface area contributed by atoms with Gasteiger partial charge in [-0.3, -0.25) is 0 Å². The molecular formula is C21H33NO3. The Morgan fingerprint density at radius 2 is 2.16 bits per heavy atom.